The second-order valence-corrected chi connectivity index (χ2v) is 8.78. The van der Waals surface area contributed by atoms with Crippen molar-refractivity contribution in [3.8, 4) is 5.75 Å². The number of aryl methyl sites for hydroxylation is 1. The van der Waals surface area contributed by atoms with E-state index in [9.17, 15) is 13.2 Å². The van der Waals surface area contributed by atoms with Gasteiger partial charge >= 0.3 is 5.63 Å². The number of benzene rings is 1. The van der Waals surface area contributed by atoms with Crippen LogP contribution in [0.25, 0.3) is 0 Å². The van der Waals surface area contributed by atoms with E-state index < -0.39 is 15.6 Å². The van der Waals surface area contributed by atoms with E-state index >= 15 is 0 Å². The summed E-state index contributed by atoms with van der Waals surface area (Å²) >= 11 is 0. The van der Waals surface area contributed by atoms with Crippen molar-refractivity contribution in [1.29, 1.82) is 0 Å². The maximum atomic E-state index is 12.8. The van der Waals surface area contributed by atoms with Crippen LogP contribution in [0.4, 0.5) is 0 Å². The Kier molecular flexibility index (Phi) is 5.20. The minimum Gasteiger partial charge on any atom is -0.489 e. The number of nitrogens with zero attached hydrogens (tertiary/aromatic N) is 1. The molecule has 140 valence electrons. The van der Waals surface area contributed by atoms with Crippen molar-refractivity contribution in [2.45, 2.75) is 44.1 Å². The molecule has 0 spiro atoms. The number of sulfonamides is 1. The molecule has 1 aromatic carbocycles. The maximum Gasteiger partial charge on any atom is 0.339 e. The van der Waals surface area contributed by atoms with Gasteiger partial charge in [0.05, 0.1) is 17.5 Å². The highest BCUT2D eigenvalue weighted by Crippen LogP contribution is 2.25. The Morgan fingerprint density at radius 2 is 1.88 bits per heavy atom. The predicted octanol–water partition coefficient (Wildman–Crippen LogP) is 2.91. The van der Waals surface area contributed by atoms with E-state index in [1.807, 2.05) is 12.1 Å². The van der Waals surface area contributed by atoms with Gasteiger partial charge in [-0.3, -0.25) is 0 Å². The smallest absolute Gasteiger partial charge is 0.339 e. The fraction of sp³-hybridized carbons (Fsp3) is 0.421. The molecule has 0 amide bonds. The van der Waals surface area contributed by atoms with Gasteiger partial charge in [-0.15, -0.1) is 0 Å². The highest BCUT2D eigenvalue weighted by molar-refractivity contribution is 7.89. The minimum atomic E-state index is -3.55. The molecule has 26 heavy (non-hydrogen) atoms. The summed E-state index contributed by atoms with van der Waals surface area (Å²) in [5.74, 6) is 1.22. The molecule has 2 aromatic rings. The Hall–Kier alpha value is -2.12. The first-order valence-electron chi connectivity index (χ1n) is 8.64. The van der Waals surface area contributed by atoms with Crippen LogP contribution >= 0.6 is 0 Å². The average Bonchev–Trinajstić information content (AvgIpc) is 3.03. The predicted molar refractivity (Wildman–Crippen MR) is 98.0 cm³/mol. The van der Waals surface area contributed by atoms with Gasteiger partial charge in [0.15, 0.2) is 0 Å². The number of ether oxygens (including phenoxy) is 1. The fourth-order valence-corrected chi connectivity index (χ4v) is 4.51. The second-order valence-electron chi connectivity index (χ2n) is 6.84. The zero-order valence-electron chi connectivity index (χ0n) is 15.1. The van der Waals surface area contributed by atoms with Gasteiger partial charge in [-0.25, -0.2) is 13.2 Å². The SMILES string of the molecule is Cc1cc(OC2CCN(S(=O)(=O)c3ccc(C(C)C)cc3)C2)cc(=O)o1. The van der Waals surface area contributed by atoms with Gasteiger partial charge in [-0.05, 0) is 37.0 Å². The summed E-state index contributed by atoms with van der Waals surface area (Å²) in [6.07, 6.45) is 0.281. The third kappa shape index (κ3) is 3.99. The monoisotopic (exact) mass is 377 g/mol. The Morgan fingerprint density at radius 1 is 1.19 bits per heavy atom. The highest BCUT2D eigenvalue weighted by Gasteiger charge is 2.33. The molecule has 1 aliphatic heterocycles. The first-order valence-corrected chi connectivity index (χ1v) is 10.1. The minimum absolute atomic E-state index is 0.257. The van der Waals surface area contributed by atoms with Gasteiger partial charge in [-0.2, -0.15) is 4.31 Å². The Balaban J connectivity index is 1.71. The van der Waals surface area contributed by atoms with Crippen LogP contribution in [0.2, 0.25) is 0 Å². The summed E-state index contributed by atoms with van der Waals surface area (Å²) in [5, 5.41) is 0. The number of hydrogen-bond acceptors (Lipinski definition) is 5. The molecule has 1 aromatic heterocycles. The van der Waals surface area contributed by atoms with Crippen molar-refractivity contribution < 1.29 is 17.6 Å². The molecule has 1 atom stereocenters. The molecule has 0 radical (unpaired) electrons. The molecular weight excluding hydrogens is 354 g/mol. The fourth-order valence-electron chi connectivity index (χ4n) is 3.02. The number of hydrogen-bond donors (Lipinski definition) is 0. The molecule has 0 bridgehead atoms. The summed E-state index contributed by atoms with van der Waals surface area (Å²) in [7, 11) is -3.55. The molecule has 0 aliphatic carbocycles. The Bertz CT molecular complexity index is 931. The molecule has 1 aliphatic rings. The van der Waals surface area contributed by atoms with Crippen LogP contribution in [0, 0.1) is 6.92 Å². The molecule has 3 rings (SSSR count). The lowest BCUT2D eigenvalue weighted by molar-refractivity contribution is 0.213. The lowest BCUT2D eigenvalue weighted by Crippen LogP contribution is -2.31. The first kappa shape index (κ1) is 18.7. The van der Waals surface area contributed by atoms with Crippen LogP contribution in [-0.4, -0.2) is 31.9 Å². The van der Waals surface area contributed by atoms with Crippen LogP contribution in [0.3, 0.4) is 0 Å². The standard InChI is InChI=1S/C19H23NO5S/c1-13(2)15-4-6-18(7-5-15)26(22,23)20-9-8-16(12-20)25-17-10-14(3)24-19(21)11-17/h4-7,10-11,13,16H,8-9,12H2,1-3H3. The summed E-state index contributed by atoms with van der Waals surface area (Å²) in [6.45, 7) is 6.45. The first-order chi connectivity index (χ1) is 12.3. The molecular formula is C19H23NO5S. The molecule has 6 nitrogen and oxygen atoms in total. The second kappa shape index (κ2) is 7.25. The molecule has 1 unspecified atom stereocenters. The van der Waals surface area contributed by atoms with Crippen molar-refractivity contribution in [3.63, 3.8) is 0 Å². The third-order valence-electron chi connectivity index (χ3n) is 4.46. The van der Waals surface area contributed by atoms with Crippen molar-refractivity contribution in [2.24, 2.45) is 0 Å². The van der Waals surface area contributed by atoms with E-state index in [-0.39, 0.29) is 12.6 Å². The van der Waals surface area contributed by atoms with Gasteiger partial charge in [0.1, 0.15) is 17.6 Å². The van der Waals surface area contributed by atoms with Gasteiger partial charge in [0.25, 0.3) is 0 Å². The van der Waals surface area contributed by atoms with Crippen LogP contribution < -0.4 is 10.4 Å². The van der Waals surface area contributed by atoms with Gasteiger partial charge in [0, 0.05) is 12.6 Å². The van der Waals surface area contributed by atoms with Crippen molar-refractivity contribution in [2.75, 3.05) is 13.1 Å². The lowest BCUT2D eigenvalue weighted by Gasteiger charge is -2.18. The van der Waals surface area contributed by atoms with Gasteiger partial charge in [-0.1, -0.05) is 26.0 Å². The third-order valence-corrected chi connectivity index (χ3v) is 6.34. The summed E-state index contributed by atoms with van der Waals surface area (Å²) in [6, 6.07) is 9.93. The van der Waals surface area contributed by atoms with Crippen molar-refractivity contribution in [1.82, 2.24) is 4.31 Å². The lowest BCUT2D eigenvalue weighted by atomic mass is 10.0. The van der Waals surface area contributed by atoms with E-state index in [0.29, 0.717) is 35.3 Å². The summed E-state index contributed by atoms with van der Waals surface area (Å²) in [4.78, 5) is 11.7. The van der Waals surface area contributed by atoms with Gasteiger partial charge in [0.2, 0.25) is 10.0 Å². The molecule has 1 fully saturated rings. The highest BCUT2D eigenvalue weighted by atomic mass is 32.2. The quantitative estimate of drug-likeness (QED) is 0.801. The topological polar surface area (TPSA) is 76.8 Å². The zero-order chi connectivity index (χ0) is 18.9. The van der Waals surface area contributed by atoms with Crippen LogP contribution in [0.5, 0.6) is 5.75 Å². The number of rotatable bonds is 5. The van der Waals surface area contributed by atoms with E-state index in [2.05, 4.69) is 13.8 Å². The average molecular weight is 377 g/mol. The van der Waals surface area contributed by atoms with E-state index in [1.165, 1.54) is 10.4 Å². The summed E-state index contributed by atoms with van der Waals surface area (Å²) in [5.41, 5.74) is 0.623. The Morgan fingerprint density at radius 3 is 2.50 bits per heavy atom. The zero-order valence-corrected chi connectivity index (χ0v) is 16.0. The molecule has 0 N–H and O–H groups in total. The molecule has 2 heterocycles. The molecule has 1 saturated heterocycles. The molecule has 0 saturated carbocycles. The van der Waals surface area contributed by atoms with Crippen LogP contribution in [0.1, 0.15) is 37.5 Å². The summed E-state index contributed by atoms with van der Waals surface area (Å²) < 4.78 is 37.8. The van der Waals surface area contributed by atoms with Crippen LogP contribution in [0.15, 0.2) is 50.5 Å². The van der Waals surface area contributed by atoms with Crippen molar-refractivity contribution >= 4 is 10.0 Å². The normalized spacial score (nSPS) is 18.4. The van der Waals surface area contributed by atoms with E-state index in [1.54, 1.807) is 25.1 Å². The van der Waals surface area contributed by atoms with Crippen LogP contribution in [-0.2, 0) is 10.0 Å². The maximum absolute atomic E-state index is 12.8. The van der Waals surface area contributed by atoms with E-state index in [0.717, 1.165) is 5.56 Å². The van der Waals surface area contributed by atoms with E-state index in [4.69, 9.17) is 9.15 Å². The van der Waals surface area contributed by atoms with Gasteiger partial charge < -0.3 is 9.15 Å². The van der Waals surface area contributed by atoms with Crippen molar-refractivity contribution in [3.05, 3.63) is 58.1 Å². The largest absolute Gasteiger partial charge is 0.489 e. The Labute approximate surface area is 153 Å². The molecule has 7 heteroatoms.